The highest BCUT2D eigenvalue weighted by atomic mass is 16.3. The van der Waals surface area contributed by atoms with E-state index in [0.29, 0.717) is 0 Å². The Morgan fingerprint density at radius 3 is 2.32 bits per heavy atom. The van der Waals surface area contributed by atoms with Crippen LogP contribution in [0.2, 0.25) is 0 Å². The molecule has 9 aromatic rings. The molecule has 1 N–H and O–H groups in total. The average Bonchev–Trinajstić information content (AvgIpc) is 3.82. The number of para-hydroxylation sites is 3. The molecular weight excluding hydrogens is 571 g/mol. The number of hydrogen-bond donors (Lipinski definition) is 1. The normalized spacial score (nSPS) is 14.1. The Hall–Kier alpha value is -5.74. The second kappa shape index (κ2) is 8.74. The molecule has 0 fully saturated rings. The van der Waals surface area contributed by atoms with Crippen LogP contribution in [0.25, 0.3) is 83.1 Å². The minimum atomic E-state index is -0.106. The lowest BCUT2D eigenvalue weighted by atomic mass is 9.58. The highest BCUT2D eigenvalue weighted by molar-refractivity contribution is 6.73. The van der Waals surface area contributed by atoms with Crippen molar-refractivity contribution in [3.05, 3.63) is 139 Å². The summed E-state index contributed by atoms with van der Waals surface area (Å²) in [4.78, 5) is 3.71. The van der Waals surface area contributed by atoms with Crippen molar-refractivity contribution in [3.63, 3.8) is 0 Å². The van der Waals surface area contributed by atoms with E-state index in [9.17, 15) is 0 Å². The van der Waals surface area contributed by atoms with Crippen LogP contribution in [0.4, 0.5) is 0 Å². The predicted octanol–water partition coefficient (Wildman–Crippen LogP) is 9.62. The van der Waals surface area contributed by atoms with E-state index in [1.807, 2.05) is 12.1 Å². The van der Waals surface area contributed by atoms with Crippen LogP contribution in [0.3, 0.4) is 0 Å². The van der Waals surface area contributed by atoms with Crippen molar-refractivity contribution in [2.24, 2.45) is 0 Å². The lowest BCUT2D eigenvalue weighted by Crippen LogP contribution is -2.37. The van der Waals surface area contributed by atoms with Crippen LogP contribution in [0, 0.1) is 0 Å². The van der Waals surface area contributed by atoms with E-state index in [4.69, 9.17) is 4.42 Å². The zero-order chi connectivity index (χ0) is 31.0. The third-order valence-electron chi connectivity index (χ3n) is 10.8. The minimum absolute atomic E-state index is 0.106. The smallest absolute Gasteiger partial charge is 0.206 e. The molecule has 0 unspecified atom stereocenters. The fourth-order valence-corrected chi connectivity index (χ4v) is 8.76. The Balaban J connectivity index is 1.28. The molecule has 4 heterocycles. The van der Waals surface area contributed by atoms with Gasteiger partial charge in [-0.05, 0) is 51.5 Å². The first-order chi connectivity index (χ1) is 23.1. The number of aromatic nitrogens is 2. The zero-order valence-corrected chi connectivity index (χ0v) is 26.1. The fraction of sp³-hybridized carbons (Fsp3) is 0.0698. The molecule has 1 aliphatic heterocycles. The molecule has 0 atom stereocenters. The van der Waals surface area contributed by atoms with Crippen molar-refractivity contribution in [3.8, 4) is 39.2 Å². The van der Waals surface area contributed by atoms with E-state index in [2.05, 4.69) is 146 Å². The van der Waals surface area contributed by atoms with E-state index >= 15 is 0 Å². The lowest BCUT2D eigenvalue weighted by Gasteiger charge is -2.26. The molecule has 3 aromatic heterocycles. The van der Waals surface area contributed by atoms with Crippen LogP contribution >= 0.6 is 0 Å². The van der Waals surface area contributed by atoms with Gasteiger partial charge in [-0.25, -0.2) is 0 Å². The summed E-state index contributed by atoms with van der Waals surface area (Å²) in [6.07, 6.45) is 0. The maximum Gasteiger partial charge on any atom is 0.206 e. The quantitative estimate of drug-likeness (QED) is 0.197. The van der Waals surface area contributed by atoms with Crippen molar-refractivity contribution in [2.75, 3.05) is 0 Å². The van der Waals surface area contributed by atoms with E-state index in [-0.39, 0.29) is 5.41 Å². The Morgan fingerprint density at radius 1 is 0.660 bits per heavy atom. The summed E-state index contributed by atoms with van der Waals surface area (Å²) in [5.74, 6) is 0. The standard InChI is InChI=1S/C43H28BN2O/c1-43(2)32-19-8-6-14-27(32)41-37(43)30-18-11-20-33-40(30)46(41)34-23-25(24-12-4-3-5-13-24)22-31(38(34)44-33)26-16-10-17-29-36-28-15-7-9-21-35(28)47-42(36)45-39(26)29/h3-23,45H,1-2H3. The van der Waals surface area contributed by atoms with Crippen LogP contribution in [0.5, 0.6) is 0 Å². The summed E-state index contributed by atoms with van der Waals surface area (Å²) < 4.78 is 8.92. The molecule has 0 spiro atoms. The Kier molecular flexibility index (Phi) is 4.74. The molecule has 0 saturated carbocycles. The first kappa shape index (κ1) is 25.5. The molecule has 219 valence electrons. The van der Waals surface area contributed by atoms with E-state index in [0.717, 1.165) is 27.6 Å². The maximum absolute atomic E-state index is 6.34. The largest absolute Gasteiger partial charge is 0.440 e. The summed E-state index contributed by atoms with van der Waals surface area (Å²) in [5, 5.41) is 4.80. The van der Waals surface area contributed by atoms with Gasteiger partial charge in [0.15, 0.2) is 7.28 Å². The Bertz CT molecular complexity index is 2790. The summed E-state index contributed by atoms with van der Waals surface area (Å²) in [5.41, 5.74) is 18.0. The predicted molar refractivity (Wildman–Crippen MR) is 196 cm³/mol. The van der Waals surface area contributed by atoms with E-state index in [1.54, 1.807) is 0 Å². The number of H-pyrrole nitrogens is 1. The highest BCUT2D eigenvalue weighted by Gasteiger charge is 2.42. The first-order valence-electron chi connectivity index (χ1n) is 16.4. The van der Waals surface area contributed by atoms with Gasteiger partial charge in [0.1, 0.15) is 5.58 Å². The fourth-order valence-electron chi connectivity index (χ4n) is 8.76. The van der Waals surface area contributed by atoms with Gasteiger partial charge in [-0.15, -0.1) is 0 Å². The van der Waals surface area contributed by atoms with Gasteiger partial charge in [-0.3, -0.25) is 0 Å². The van der Waals surface area contributed by atoms with Crippen LogP contribution < -0.4 is 10.9 Å². The first-order valence-corrected chi connectivity index (χ1v) is 16.4. The van der Waals surface area contributed by atoms with Crippen LogP contribution in [0.15, 0.2) is 132 Å². The molecule has 1 radical (unpaired) electrons. The molecule has 2 aliphatic rings. The molecule has 47 heavy (non-hydrogen) atoms. The summed E-state index contributed by atoms with van der Waals surface area (Å²) in [7, 11) is 2.41. The van der Waals surface area contributed by atoms with Crippen molar-refractivity contribution < 1.29 is 4.42 Å². The summed E-state index contributed by atoms with van der Waals surface area (Å²) in [6, 6.07) is 46.4. The van der Waals surface area contributed by atoms with E-state index in [1.165, 1.54) is 77.5 Å². The van der Waals surface area contributed by atoms with Gasteiger partial charge in [-0.1, -0.05) is 129 Å². The number of fused-ring (bicyclic) bond motifs is 12. The second-order valence-electron chi connectivity index (χ2n) is 13.6. The molecule has 4 heteroatoms. The maximum atomic E-state index is 6.34. The molecule has 6 aromatic carbocycles. The molecule has 0 amide bonds. The van der Waals surface area contributed by atoms with Crippen molar-refractivity contribution in [1.29, 1.82) is 0 Å². The number of nitrogens with zero attached hydrogens (tertiary/aromatic N) is 1. The number of nitrogens with one attached hydrogen (secondary N) is 1. The molecule has 3 nitrogen and oxygen atoms in total. The van der Waals surface area contributed by atoms with Gasteiger partial charge < -0.3 is 14.0 Å². The second-order valence-corrected chi connectivity index (χ2v) is 13.6. The molecule has 0 bridgehead atoms. The van der Waals surface area contributed by atoms with Gasteiger partial charge in [-0.2, -0.15) is 0 Å². The summed E-state index contributed by atoms with van der Waals surface area (Å²) >= 11 is 0. The number of rotatable bonds is 2. The zero-order valence-electron chi connectivity index (χ0n) is 26.1. The minimum Gasteiger partial charge on any atom is -0.440 e. The van der Waals surface area contributed by atoms with Gasteiger partial charge >= 0.3 is 0 Å². The van der Waals surface area contributed by atoms with Crippen molar-refractivity contribution >= 4 is 62.1 Å². The topological polar surface area (TPSA) is 33.9 Å². The number of furan rings is 1. The number of benzene rings is 6. The average molecular weight is 600 g/mol. The van der Waals surface area contributed by atoms with Gasteiger partial charge in [0.25, 0.3) is 0 Å². The van der Waals surface area contributed by atoms with Gasteiger partial charge in [0.2, 0.25) is 5.71 Å². The van der Waals surface area contributed by atoms with Gasteiger partial charge in [0.05, 0.1) is 16.6 Å². The molecule has 1 aliphatic carbocycles. The van der Waals surface area contributed by atoms with E-state index < -0.39 is 0 Å². The molecule has 11 rings (SSSR count). The number of hydrogen-bond acceptors (Lipinski definition) is 1. The Labute approximate surface area is 272 Å². The van der Waals surface area contributed by atoms with Crippen molar-refractivity contribution in [2.45, 2.75) is 19.3 Å². The monoisotopic (exact) mass is 599 g/mol. The van der Waals surface area contributed by atoms with Crippen LogP contribution in [-0.2, 0) is 5.41 Å². The lowest BCUT2D eigenvalue weighted by molar-refractivity contribution is 0.657. The molecular formula is C43H28BN2O. The Morgan fingerprint density at radius 2 is 1.40 bits per heavy atom. The van der Waals surface area contributed by atoms with Crippen LogP contribution in [-0.4, -0.2) is 16.8 Å². The molecule has 0 saturated heterocycles. The van der Waals surface area contributed by atoms with Crippen LogP contribution in [0.1, 0.15) is 25.0 Å². The number of aromatic amines is 1. The SMILES string of the molecule is CC1(C)c2ccccc2-c2c1c1cccc3c1n2-c1cc(-c2ccccc2)cc(-c2cccc4c2[nH]c2oc5ccccc5c24)c1[B]3. The van der Waals surface area contributed by atoms with Gasteiger partial charge in [0, 0.05) is 43.9 Å². The third-order valence-corrected chi connectivity index (χ3v) is 10.8. The highest BCUT2D eigenvalue weighted by Crippen LogP contribution is 2.54. The van der Waals surface area contributed by atoms with Crippen molar-refractivity contribution in [1.82, 2.24) is 9.55 Å². The summed E-state index contributed by atoms with van der Waals surface area (Å²) in [6.45, 7) is 4.77. The third kappa shape index (κ3) is 3.18.